The standard InChI is InChI=1S/C24H33NO3/c1-3-4-5-6-7-8-9-10-11-12-13-22(26)18-19-28-23-16-14-21(15-17-23)20-24(27)25-2/h4-5,8-17,22,26H,3,6-7,18-20H2,1-2H3,(H,25,27)/b5-4-,9-8+,11-10-,13-12+/t22-/m1/s1. The second-order valence-electron chi connectivity index (χ2n) is 6.35. The average Bonchev–Trinajstić information content (AvgIpc) is 2.70. The first-order valence-corrected chi connectivity index (χ1v) is 9.91. The summed E-state index contributed by atoms with van der Waals surface area (Å²) in [7, 11) is 1.62. The van der Waals surface area contributed by atoms with Gasteiger partial charge < -0.3 is 15.2 Å². The second kappa shape index (κ2) is 15.5. The van der Waals surface area contributed by atoms with Crippen molar-refractivity contribution < 1.29 is 14.6 Å². The Kier molecular flexibility index (Phi) is 13.0. The zero-order chi connectivity index (χ0) is 20.5. The molecule has 1 aromatic carbocycles. The number of allylic oxidation sites excluding steroid dienone is 7. The molecule has 152 valence electrons. The van der Waals surface area contributed by atoms with Crippen LogP contribution in [0, 0.1) is 0 Å². The number of nitrogens with one attached hydrogen (secondary N) is 1. The number of aliphatic hydroxyl groups excluding tert-OH is 1. The van der Waals surface area contributed by atoms with E-state index in [-0.39, 0.29) is 5.91 Å². The molecule has 0 heterocycles. The van der Waals surface area contributed by atoms with E-state index in [0.29, 0.717) is 19.4 Å². The van der Waals surface area contributed by atoms with E-state index in [9.17, 15) is 9.90 Å². The van der Waals surface area contributed by atoms with Gasteiger partial charge in [0.1, 0.15) is 5.75 Å². The molecule has 4 nitrogen and oxygen atoms in total. The SMILES string of the molecule is CC/C=C\CC/C=C/C=C\C=C\[C@@H](O)CCOc1ccc(CC(=O)NC)cc1. The lowest BCUT2D eigenvalue weighted by Crippen LogP contribution is -2.19. The summed E-state index contributed by atoms with van der Waals surface area (Å²) in [6.07, 6.45) is 19.5. The van der Waals surface area contributed by atoms with E-state index in [0.717, 1.165) is 30.6 Å². The van der Waals surface area contributed by atoms with Gasteiger partial charge in [-0.15, -0.1) is 0 Å². The fourth-order valence-electron chi connectivity index (χ4n) is 2.34. The summed E-state index contributed by atoms with van der Waals surface area (Å²) in [6.45, 7) is 2.56. The summed E-state index contributed by atoms with van der Waals surface area (Å²) >= 11 is 0. The molecule has 0 saturated heterocycles. The van der Waals surface area contributed by atoms with E-state index in [1.165, 1.54) is 0 Å². The second-order valence-corrected chi connectivity index (χ2v) is 6.35. The van der Waals surface area contributed by atoms with Crippen molar-refractivity contribution in [2.24, 2.45) is 0 Å². The molecule has 1 rings (SSSR count). The van der Waals surface area contributed by atoms with Gasteiger partial charge in [-0.25, -0.2) is 0 Å². The van der Waals surface area contributed by atoms with Crippen LogP contribution < -0.4 is 10.1 Å². The van der Waals surface area contributed by atoms with Crippen LogP contribution in [0.5, 0.6) is 5.75 Å². The Morgan fingerprint density at radius 2 is 1.79 bits per heavy atom. The molecule has 1 aromatic rings. The monoisotopic (exact) mass is 383 g/mol. The summed E-state index contributed by atoms with van der Waals surface area (Å²) in [5.74, 6) is 0.716. The molecule has 0 fully saturated rings. The molecule has 0 spiro atoms. The Balaban J connectivity index is 2.20. The minimum atomic E-state index is -0.541. The highest BCUT2D eigenvalue weighted by molar-refractivity contribution is 5.78. The highest BCUT2D eigenvalue weighted by atomic mass is 16.5. The lowest BCUT2D eigenvalue weighted by Gasteiger charge is -2.09. The number of carbonyl (C=O) groups is 1. The van der Waals surface area contributed by atoms with Gasteiger partial charge >= 0.3 is 0 Å². The van der Waals surface area contributed by atoms with Crippen LogP contribution in [0.1, 0.15) is 38.2 Å². The van der Waals surface area contributed by atoms with Crippen molar-refractivity contribution in [3.05, 3.63) is 78.4 Å². The summed E-state index contributed by atoms with van der Waals surface area (Å²) in [5.41, 5.74) is 0.938. The number of likely N-dealkylation sites (N-methyl/N-ethyl adjacent to an activating group) is 1. The smallest absolute Gasteiger partial charge is 0.224 e. The molecule has 0 saturated carbocycles. The van der Waals surface area contributed by atoms with Gasteiger partial charge in [0.05, 0.1) is 19.1 Å². The van der Waals surface area contributed by atoms with Crippen LogP contribution in [0.3, 0.4) is 0 Å². The first-order valence-electron chi connectivity index (χ1n) is 9.91. The van der Waals surface area contributed by atoms with E-state index in [2.05, 4.69) is 30.5 Å². The third kappa shape index (κ3) is 11.9. The van der Waals surface area contributed by atoms with Gasteiger partial charge in [0.25, 0.3) is 0 Å². The average molecular weight is 384 g/mol. The Hall–Kier alpha value is -2.59. The number of carbonyl (C=O) groups excluding carboxylic acids is 1. The van der Waals surface area contributed by atoms with Crippen LogP contribution in [-0.4, -0.2) is 30.8 Å². The predicted octanol–water partition coefficient (Wildman–Crippen LogP) is 4.52. The highest BCUT2D eigenvalue weighted by Crippen LogP contribution is 2.13. The fraction of sp³-hybridized carbons (Fsp3) is 0.375. The fourth-order valence-corrected chi connectivity index (χ4v) is 2.34. The number of ether oxygens (including phenoxy) is 1. The van der Waals surface area contributed by atoms with Crippen molar-refractivity contribution >= 4 is 5.91 Å². The third-order valence-electron chi connectivity index (χ3n) is 3.95. The lowest BCUT2D eigenvalue weighted by atomic mass is 10.1. The van der Waals surface area contributed by atoms with Crippen LogP contribution in [0.25, 0.3) is 0 Å². The van der Waals surface area contributed by atoms with Gasteiger partial charge in [-0.05, 0) is 37.0 Å². The van der Waals surface area contributed by atoms with E-state index in [4.69, 9.17) is 4.74 Å². The first kappa shape index (κ1) is 23.4. The Bertz CT molecular complexity index is 657. The Morgan fingerprint density at radius 1 is 1.07 bits per heavy atom. The van der Waals surface area contributed by atoms with Gasteiger partial charge in [0.15, 0.2) is 0 Å². The van der Waals surface area contributed by atoms with Gasteiger partial charge in [-0.2, -0.15) is 0 Å². The molecule has 1 amide bonds. The molecule has 28 heavy (non-hydrogen) atoms. The van der Waals surface area contributed by atoms with Crippen LogP contribution in [0.4, 0.5) is 0 Å². The summed E-state index contributed by atoms with van der Waals surface area (Å²) < 4.78 is 5.63. The molecular weight excluding hydrogens is 350 g/mol. The predicted molar refractivity (Wildman–Crippen MR) is 116 cm³/mol. The number of unbranched alkanes of at least 4 members (excludes halogenated alkanes) is 1. The molecule has 0 aromatic heterocycles. The molecule has 2 N–H and O–H groups in total. The maximum atomic E-state index is 11.3. The number of hydrogen-bond donors (Lipinski definition) is 2. The minimum absolute atomic E-state index is 0.0164. The van der Waals surface area contributed by atoms with Crippen molar-refractivity contribution in [1.82, 2.24) is 5.32 Å². The zero-order valence-electron chi connectivity index (χ0n) is 17.0. The van der Waals surface area contributed by atoms with Crippen molar-refractivity contribution in [2.75, 3.05) is 13.7 Å². The number of hydrogen-bond acceptors (Lipinski definition) is 3. The summed E-state index contributed by atoms with van der Waals surface area (Å²) in [4.78, 5) is 11.3. The number of amides is 1. The van der Waals surface area contributed by atoms with Crippen molar-refractivity contribution in [2.45, 2.75) is 45.1 Å². The summed E-state index contributed by atoms with van der Waals surface area (Å²) in [6, 6.07) is 7.43. The van der Waals surface area contributed by atoms with Gasteiger partial charge in [-0.3, -0.25) is 4.79 Å². The summed E-state index contributed by atoms with van der Waals surface area (Å²) in [5, 5.41) is 12.5. The molecule has 0 aliphatic rings. The molecule has 0 aliphatic carbocycles. The van der Waals surface area contributed by atoms with Gasteiger partial charge in [-0.1, -0.05) is 67.7 Å². The number of rotatable bonds is 13. The maximum absolute atomic E-state index is 11.3. The van der Waals surface area contributed by atoms with Gasteiger partial charge in [0, 0.05) is 13.5 Å². The van der Waals surface area contributed by atoms with Gasteiger partial charge in [0.2, 0.25) is 5.91 Å². The number of aliphatic hydroxyl groups is 1. The Morgan fingerprint density at radius 3 is 2.50 bits per heavy atom. The van der Waals surface area contributed by atoms with Crippen LogP contribution in [-0.2, 0) is 11.2 Å². The highest BCUT2D eigenvalue weighted by Gasteiger charge is 2.02. The third-order valence-corrected chi connectivity index (χ3v) is 3.95. The minimum Gasteiger partial charge on any atom is -0.493 e. The molecule has 0 unspecified atom stereocenters. The molecular formula is C24H33NO3. The van der Waals surface area contributed by atoms with Crippen molar-refractivity contribution in [1.29, 1.82) is 0 Å². The van der Waals surface area contributed by atoms with Crippen LogP contribution >= 0.6 is 0 Å². The van der Waals surface area contributed by atoms with Crippen LogP contribution in [0.15, 0.2) is 72.9 Å². The largest absolute Gasteiger partial charge is 0.493 e. The van der Waals surface area contributed by atoms with Crippen LogP contribution in [0.2, 0.25) is 0 Å². The number of benzene rings is 1. The first-order chi connectivity index (χ1) is 13.7. The molecule has 0 radical (unpaired) electrons. The zero-order valence-corrected chi connectivity index (χ0v) is 17.0. The molecule has 0 bridgehead atoms. The van der Waals surface area contributed by atoms with Crippen molar-refractivity contribution in [3.63, 3.8) is 0 Å². The molecule has 4 heteroatoms. The lowest BCUT2D eigenvalue weighted by molar-refractivity contribution is -0.119. The topological polar surface area (TPSA) is 58.6 Å². The Labute approximate surface area is 169 Å². The van der Waals surface area contributed by atoms with E-state index in [1.807, 2.05) is 48.6 Å². The van der Waals surface area contributed by atoms with E-state index < -0.39 is 6.10 Å². The maximum Gasteiger partial charge on any atom is 0.224 e. The van der Waals surface area contributed by atoms with Crippen molar-refractivity contribution in [3.8, 4) is 5.75 Å². The molecule has 0 aliphatic heterocycles. The normalized spacial score (nSPS) is 13.1. The van der Waals surface area contributed by atoms with E-state index >= 15 is 0 Å². The quantitative estimate of drug-likeness (QED) is 0.299. The molecule has 1 atom stereocenters. The van der Waals surface area contributed by atoms with E-state index in [1.54, 1.807) is 13.1 Å².